The number of alkyl halides is 3. The Hall–Kier alpha value is -1.83. The molecule has 1 aliphatic rings. The highest BCUT2D eigenvalue weighted by atomic mass is 19.4. The van der Waals surface area contributed by atoms with Crippen LogP contribution < -0.4 is 10.2 Å². The highest BCUT2D eigenvalue weighted by molar-refractivity contribution is 5.56. The van der Waals surface area contributed by atoms with Gasteiger partial charge < -0.3 is 10.2 Å². The van der Waals surface area contributed by atoms with Crippen LogP contribution in [0.1, 0.15) is 12.0 Å². The van der Waals surface area contributed by atoms with Crippen molar-refractivity contribution in [2.75, 3.05) is 31.1 Å². The number of nitrogens with one attached hydrogen (secondary N) is 1. The van der Waals surface area contributed by atoms with Crippen LogP contribution in [0.4, 0.5) is 24.5 Å². The fraction of sp³-hybridized carbons (Fsp3) is 0.500. The Labute approximate surface area is 113 Å². The Bertz CT molecular complexity index is 497. The van der Waals surface area contributed by atoms with Crippen LogP contribution in [0.15, 0.2) is 18.2 Å². The lowest BCUT2D eigenvalue weighted by atomic mass is 10.1. The number of rotatable bonds is 2. The molecule has 20 heavy (non-hydrogen) atoms. The van der Waals surface area contributed by atoms with Gasteiger partial charge in [-0.05, 0) is 25.1 Å². The molecule has 1 heterocycles. The van der Waals surface area contributed by atoms with Gasteiger partial charge in [-0.1, -0.05) is 0 Å². The summed E-state index contributed by atoms with van der Waals surface area (Å²) in [5.74, 6) is 0. The van der Waals surface area contributed by atoms with E-state index in [2.05, 4.69) is 5.32 Å². The van der Waals surface area contributed by atoms with Crippen LogP contribution in [0, 0.1) is 10.1 Å². The lowest BCUT2D eigenvalue weighted by Crippen LogP contribution is -2.28. The molecule has 0 aliphatic carbocycles. The molecule has 1 fully saturated rings. The first kappa shape index (κ1) is 14.6. The lowest BCUT2D eigenvalue weighted by molar-refractivity contribution is -0.388. The molecule has 0 unspecified atom stereocenters. The Morgan fingerprint density at radius 1 is 1.25 bits per heavy atom. The Morgan fingerprint density at radius 3 is 2.65 bits per heavy atom. The summed E-state index contributed by atoms with van der Waals surface area (Å²) in [5, 5.41) is 13.8. The van der Waals surface area contributed by atoms with Crippen LogP contribution in [0.5, 0.6) is 0 Å². The van der Waals surface area contributed by atoms with Crippen LogP contribution in [0.2, 0.25) is 0 Å². The van der Waals surface area contributed by atoms with Crippen LogP contribution in [0.3, 0.4) is 0 Å². The zero-order chi connectivity index (χ0) is 14.8. The third kappa shape index (κ3) is 3.19. The normalized spacial score (nSPS) is 16.9. The monoisotopic (exact) mass is 289 g/mol. The minimum Gasteiger partial charge on any atom is -0.370 e. The van der Waals surface area contributed by atoms with Gasteiger partial charge in [0.2, 0.25) is 0 Å². The maximum absolute atomic E-state index is 12.9. The third-order valence-corrected chi connectivity index (χ3v) is 3.19. The standard InChI is InChI=1S/C12H14F3N3O2/c13-12(14,15)10-8-9(2-3-11(10)18(19)20)17-6-1-4-16-5-7-17/h2-3,8,16H,1,4-7H2. The van der Waals surface area contributed by atoms with Gasteiger partial charge in [0, 0.05) is 31.4 Å². The summed E-state index contributed by atoms with van der Waals surface area (Å²) >= 11 is 0. The number of benzene rings is 1. The molecule has 8 heteroatoms. The number of hydrogen-bond acceptors (Lipinski definition) is 4. The van der Waals surface area contributed by atoms with Crippen LogP contribution in [-0.2, 0) is 6.18 Å². The average molecular weight is 289 g/mol. The van der Waals surface area contributed by atoms with E-state index in [-0.39, 0.29) is 0 Å². The van der Waals surface area contributed by atoms with Gasteiger partial charge >= 0.3 is 6.18 Å². The first-order valence-electron chi connectivity index (χ1n) is 6.21. The maximum Gasteiger partial charge on any atom is 0.423 e. The van der Waals surface area contributed by atoms with Gasteiger partial charge in [0.1, 0.15) is 5.56 Å². The molecule has 110 valence electrons. The van der Waals surface area contributed by atoms with Crippen molar-refractivity contribution < 1.29 is 18.1 Å². The molecule has 0 amide bonds. The summed E-state index contributed by atoms with van der Waals surface area (Å²) in [6, 6.07) is 3.17. The highest BCUT2D eigenvalue weighted by Gasteiger charge is 2.38. The van der Waals surface area contributed by atoms with Crippen molar-refractivity contribution in [1.29, 1.82) is 0 Å². The molecule has 0 bridgehead atoms. The number of nitrogens with zero attached hydrogens (tertiary/aromatic N) is 2. The van der Waals surface area contributed by atoms with E-state index in [1.165, 1.54) is 6.07 Å². The number of hydrogen-bond donors (Lipinski definition) is 1. The third-order valence-electron chi connectivity index (χ3n) is 3.19. The van der Waals surface area contributed by atoms with Gasteiger partial charge in [-0.25, -0.2) is 0 Å². The largest absolute Gasteiger partial charge is 0.423 e. The number of nitro benzene ring substituents is 1. The average Bonchev–Trinajstić information content (AvgIpc) is 2.65. The van der Waals surface area contributed by atoms with Crippen molar-refractivity contribution in [3.63, 3.8) is 0 Å². The number of nitro groups is 1. The summed E-state index contributed by atoms with van der Waals surface area (Å²) in [7, 11) is 0. The second-order valence-corrected chi connectivity index (χ2v) is 4.55. The molecule has 0 spiro atoms. The Kier molecular flexibility index (Phi) is 4.12. The second-order valence-electron chi connectivity index (χ2n) is 4.55. The van der Waals surface area contributed by atoms with Crippen molar-refractivity contribution in [3.8, 4) is 0 Å². The summed E-state index contributed by atoms with van der Waals surface area (Å²) < 4.78 is 38.7. The zero-order valence-electron chi connectivity index (χ0n) is 10.6. The summed E-state index contributed by atoms with van der Waals surface area (Å²) in [4.78, 5) is 11.5. The van der Waals surface area contributed by atoms with E-state index in [0.29, 0.717) is 25.3 Å². The van der Waals surface area contributed by atoms with Gasteiger partial charge in [-0.3, -0.25) is 10.1 Å². The van der Waals surface area contributed by atoms with Crippen LogP contribution >= 0.6 is 0 Å². The molecular weight excluding hydrogens is 275 g/mol. The molecule has 1 aromatic rings. The van der Waals surface area contributed by atoms with Crippen LogP contribution in [0.25, 0.3) is 0 Å². The Morgan fingerprint density at radius 2 is 2.00 bits per heavy atom. The van der Waals surface area contributed by atoms with E-state index in [0.717, 1.165) is 25.1 Å². The predicted molar refractivity (Wildman–Crippen MR) is 67.8 cm³/mol. The molecule has 0 radical (unpaired) electrons. The molecule has 1 aliphatic heterocycles. The molecule has 1 aromatic carbocycles. The first-order valence-corrected chi connectivity index (χ1v) is 6.21. The van der Waals surface area contributed by atoms with E-state index in [9.17, 15) is 23.3 Å². The summed E-state index contributed by atoms with van der Waals surface area (Å²) in [6.07, 6.45) is -3.92. The predicted octanol–water partition coefficient (Wildman–Crippen LogP) is 2.41. The number of halogens is 3. The second kappa shape index (κ2) is 5.66. The van der Waals surface area contributed by atoms with Gasteiger partial charge in [0.15, 0.2) is 0 Å². The minimum absolute atomic E-state index is 0.367. The van der Waals surface area contributed by atoms with Gasteiger partial charge in [0.05, 0.1) is 4.92 Å². The lowest BCUT2D eigenvalue weighted by Gasteiger charge is -2.23. The quantitative estimate of drug-likeness (QED) is 0.671. The van der Waals surface area contributed by atoms with Gasteiger partial charge in [0.25, 0.3) is 5.69 Å². The molecule has 1 saturated heterocycles. The first-order chi connectivity index (χ1) is 9.39. The van der Waals surface area contributed by atoms with Crippen molar-refractivity contribution in [2.24, 2.45) is 0 Å². The molecule has 5 nitrogen and oxygen atoms in total. The molecular formula is C12H14F3N3O2. The number of anilines is 1. The molecule has 0 atom stereocenters. The molecule has 2 rings (SSSR count). The minimum atomic E-state index is -4.73. The highest BCUT2D eigenvalue weighted by Crippen LogP contribution is 2.38. The van der Waals surface area contributed by atoms with E-state index in [1.807, 2.05) is 0 Å². The summed E-state index contributed by atoms with van der Waals surface area (Å²) in [6.45, 7) is 2.70. The van der Waals surface area contributed by atoms with Gasteiger partial charge in [-0.15, -0.1) is 0 Å². The summed E-state index contributed by atoms with van der Waals surface area (Å²) in [5.41, 5.74) is -1.74. The fourth-order valence-electron chi connectivity index (χ4n) is 2.21. The van der Waals surface area contributed by atoms with Crippen molar-refractivity contribution in [1.82, 2.24) is 5.32 Å². The smallest absolute Gasteiger partial charge is 0.370 e. The molecule has 0 saturated carbocycles. The van der Waals surface area contributed by atoms with Crippen molar-refractivity contribution in [3.05, 3.63) is 33.9 Å². The zero-order valence-corrected chi connectivity index (χ0v) is 10.6. The van der Waals surface area contributed by atoms with E-state index >= 15 is 0 Å². The van der Waals surface area contributed by atoms with Crippen LogP contribution in [-0.4, -0.2) is 31.1 Å². The Balaban J connectivity index is 2.38. The van der Waals surface area contributed by atoms with Crippen molar-refractivity contribution in [2.45, 2.75) is 12.6 Å². The fourth-order valence-corrected chi connectivity index (χ4v) is 2.21. The SMILES string of the molecule is O=[N+]([O-])c1ccc(N2CCCNCC2)cc1C(F)(F)F. The molecule has 1 N–H and O–H groups in total. The van der Waals surface area contributed by atoms with E-state index in [4.69, 9.17) is 0 Å². The van der Waals surface area contributed by atoms with Gasteiger partial charge in [-0.2, -0.15) is 13.2 Å². The molecule has 0 aromatic heterocycles. The van der Waals surface area contributed by atoms with Crippen molar-refractivity contribution >= 4 is 11.4 Å². The van der Waals surface area contributed by atoms with E-state index in [1.54, 1.807) is 4.90 Å². The maximum atomic E-state index is 12.9. The van der Waals surface area contributed by atoms with E-state index < -0.39 is 22.4 Å². The topological polar surface area (TPSA) is 58.4 Å².